The third kappa shape index (κ3) is 2.25. The Morgan fingerprint density at radius 3 is 2.57 bits per heavy atom. The molecule has 1 unspecified atom stereocenters. The minimum atomic E-state index is -0.553. The number of hydrogen-bond acceptors (Lipinski definition) is 5. The van der Waals surface area contributed by atoms with Crippen molar-refractivity contribution in [2.24, 2.45) is 0 Å². The monoisotopic (exact) mass is 284 g/mol. The fourth-order valence-corrected chi connectivity index (χ4v) is 2.22. The molecule has 3 rings (SSSR count). The van der Waals surface area contributed by atoms with Crippen LogP contribution in [0.2, 0.25) is 0 Å². The van der Waals surface area contributed by atoms with Crippen molar-refractivity contribution < 1.29 is 9.34 Å². The molecule has 21 heavy (non-hydrogen) atoms. The third-order valence-electron chi connectivity index (χ3n) is 3.18. The van der Waals surface area contributed by atoms with Gasteiger partial charge in [-0.3, -0.25) is 10.1 Å². The molecule has 1 aromatic carbocycles. The van der Waals surface area contributed by atoms with Gasteiger partial charge in [-0.25, -0.2) is 4.68 Å². The summed E-state index contributed by atoms with van der Waals surface area (Å²) in [6.07, 6.45) is 2.69. The molecule has 0 aliphatic rings. The Morgan fingerprint density at radius 2 is 2.00 bits per heavy atom. The highest BCUT2D eigenvalue weighted by Crippen LogP contribution is 2.32. The summed E-state index contributed by atoms with van der Waals surface area (Å²) in [6, 6.07) is 12.5. The molecular formula is C14H12N4O3. The first-order valence-corrected chi connectivity index (χ1v) is 6.24. The van der Waals surface area contributed by atoms with Crippen LogP contribution in [0, 0.1) is 10.1 Å². The van der Waals surface area contributed by atoms with Crippen molar-refractivity contribution in [3.8, 4) is 0 Å². The zero-order chi connectivity index (χ0) is 14.8. The zero-order valence-electron chi connectivity index (χ0n) is 10.9. The number of aromatic nitrogens is 2. The number of anilines is 1. The van der Waals surface area contributed by atoms with Crippen molar-refractivity contribution in [3.63, 3.8) is 0 Å². The summed E-state index contributed by atoms with van der Waals surface area (Å²) in [5.74, 6) is 0.594. The largest absolute Gasteiger partial charge is 0.467 e. The van der Waals surface area contributed by atoms with Crippen molar-refractivity contribution in [2.75, 3.05) is 5.73 Å². The Morgan fingerprint density at radius 1 is 1.24 bits per heavy atom. The van der Waals surface area contributed by atoms with Crippen LogP contribution in [0.5, 0.6) is 0 Å². The van der Waals surface area contributed by atoms with Gasteiger partial charge in [-0.1, -0.05) is 30.3 Å². The number of hydrogen-bond donors (Lipinski definition) is 1. The van der Waals surface area contributed by atoms with Crippen molar-refractivity contribution >= 4 is 11.5 Å². The van der Waals surface area contributed by atoms with E-state index in [-0.39, 0.29) is 11.5 Å². The van der Waals surface area contributed by atoms with Gasteiger partial charge in [0.25, 0.3) is 0 Å². The summed E-state index contributed by atoms with van der Waals surface area (Å²) in [4.78, 5) is 10.4. The number of furan rings is 1. The van der Waals surface area contributed by atoms with E-state index in [1.54, 1.807) is 18.4 Å². The molecule has 3 aromatic rings. The van der Waals surface area contributed by atoms with E-state index in [0.29, 0.717) is 5.76 Å². The molecule has 0 amide bonds. The van der Waals surface area contributed by atoms with Crippen molar-refractivity contribution in [1.29, 1.82) is 0 Å². The predicted molar refractivity (Wildman–Crippen MR) is 75.7 cm³/mol. The van der Waals surface area contributed by atoms with Crippen LogP contribution < -0.4 is 5.73 Å². The van der Waals surface area contributed by atoms with Crippen LogP contribution in [0.1, 0.15) is 17.4 Å². The zero-order valence-corrected chi connectivity index (χ0v) is 10.9. The van der Waals surface area contributed by atoms with Crippen LogP contribution in [0.15, 0.2) is 59.3 Å². The van der Waals surface area contributed by atoms with Crippen LogP contribution in [0.3, 0.4) is 0 Å². The first-order chi connectivity index (χ1) is 10.2. The Hall–Kier alpha value is -3.09. The number of nitrogens with two attached hydrogens (primary N) is 1. The first-order valence-electron chi connectivity index (χ1n) is 6.24. The maximum Gasteiger partial charge on any atom is 0.330 e. The van der Waals surface area contributed by atoms with Crippen molar-refractivity contribution in [2.45, 2.75) is 6.04 Å². The van der Waals surface area contributed by atoms with Gasteiger partial charge in [-0.15, -0.1) is 0 Å². The molecule has 2 heterocycles. The molecule has 0 spiro atoms. The first kappa shape index (κ1) is 12.9. The van der Waals surface area contributed by atoms with E-state index in [1.807, 2.05) is 30.3 Å². The summed E-state index contributed by atoms with van der Waals surface area (Å²) < 4.78 is 6.84. The topological polar surface area (TPSA) is 100 Å². The van der Waals surface area contributed by atoms with Gasteiger partial charge in [-0.2, -0.15) is 5.10 Å². The number of nitrogen functional groups attached to an aromatic ring is 1. The maximum absolute atomic E-state index is 10.9. The van der Waals surface area contributed by atoms with Gasteiger partial charge < -0.3 is 10.2 Å². The SMILES string of the molecule is Nc1c([N+](=O)[O-])cnn1C(c1ccccc1)c1ccco1. The average Bonchev–Trinajstić information content (AvgIpc) is 3.12. The summed E-state index contributed by atoms with van der Waals surface area (Å²) in [5, 5.41) is 15.0. The van der Waals surface area contributed by atoms with Gasteiger partial charge in [0.2, 0.25) is 5.82 Å². The third-order valence-corrected chi connectivity index (χ3v) is 3.18. The second kappa shape index (κ2) is 5.12. The van der Waals surface area contributed by atoms with E-state index in [0.717, 1.165) is 11.8 Å². The lowest BCUT2D eigenvalue weighted by molar-refractivity contribution is -0.384. The molecule has 0 radical (unpaired) electrons. The normalized spacial score (nSPS) is 12.2. The van der Waals surface area contributed by atoms with Crippen LogP contribution in [0.25, 0.3) is 0 Å². The van der Waals surface area contributed by atoms with E-state index < -0.39 is 11.0 Å². The summed E-state index contributed by atoms with van der Waals surface area (Å²) >= 11 is 0. The standard InChI is InChI=1S/C14H12N4O3/c15-14-11(18(19)20)9-16-17(14)13(12-7-4-8-21-12)10-5-2-1-3-6-10/h1-9,13H,15H2. The number of nitrogens with zero attached hydrogens (tertiary/aromatic N) is 3. The van der Waals surface area contributed by atoms with E-state index in [9.17, 15) is 10.1 Å². The second-order valence-electron chi connectivity index (χ2n) is 4.45. The second-order valence-corrected chi connectivity index (χ2v) is 4.45. The fraction of sp³-hybridized carbons (Fsp3) is 0.0714. The molecule has 1 atom stereocenters. The Balaban J connectivity index is 2.15. The highest BCUT2D eigenvalue weighted by Gasteiger charge is 2.26. The molecule has 2 N–H and O–H groups in total. The van der Waals surface area contributed by atoms with Gasteiger partial charge in [0.15, 0.2) is 0 Å². The van der Waals surface area contributed by atoms with Gasteiger partial charge >= 0.3 is 5.69 Å². The average molecular weight is 284 g/mol. The van der Waals surface area contributed by atoms with Gasteiger partial charge in [0.1, 0.15) is 18.0 Å². The predicted octanol–water partition coefficient (Wildman–Crippen LogP) is 2.60. The number of rotatable bonds is 4. The Labute approximate surface area is 119 Å². The lowest BCUT2D eigenvalue weighted by Gasteiger charge is -2.16. The van der Waals surface area contributed by atoms with E-state index in [4.69, 9.17) is 10.2 Å². The smallest absolute Gasteiger partial charge is 0.330 e. The number of nitro groups is 1. The highest BCUT2D eigenvalue weighted by atomic mass is 16.6. The molecule has 0 fully saturated rings. The van der Waals surface area contributed by atoms with Gasteiger partial charge in [-0.05, 0) is 17.7 Å². The molecular weight excluding hydrogens is 272 g/mol. The Bertz CT molecular complexity index is 750. The van der Waals surface area contributed by atoms with Crippen LogP contribution in [-0.4, -0.2) is 14.7 Å². The quantitative estimate of drug-likeness (QED) is 0.586. The fourth-order valence-electron chi connectivity index (χ4n) is 2.22. The molecule has 106 valence electrons. The molecule has 7 nitrogen and oxygen atoms in total. The van der Waals surface area contributed by atoms with E-state index in [1.165, 1.54) is 4.68 Å². The van der Waals surface area contributed by atoms with E-state index >= 15 is 0 Å². The molecule has 0 saturated carbocycles. The highest BCUT2D eigenvalue weighted by molar-refractivity contribution is 5.52. The van der Waals surface area contributed by atoms with Gasteiger partial charge in [0, 0.05) is 0 Å². The minimum absolute atomic E-state index is 0.00902. The molecule has 0 aliphatic heterocycles. The minimum Gasteiger partial charge on any atom is -0.467 e. The Kier molecular flexibility index (Phi) is 3.15. The van der Waals surface area contributed by atoms with Crippen molar-refractivity contribution in [1.82, 2.24) is 9.78 Å². The van der Waals surface area contributed by atoms with Crippen LogP contribution >= 0.6 is 0 Å². The maximum atomic E-state index is 10.9. The van der Waals surface area contributed by atoms with Crippen molar-refractivity contribution in [3.05, 3.63) is 76.4 Å². The molecule has 0 bridgehead atoms. The lowest BCUT2D eigenvalue weighted by atomic mass is 10.0. The summed E-state index contributed by atoms with van der Waals surface area (Å²) in [7, 11) is 0. The van der Waals surface area contributed by atoms with Crippen LogP contribution in [-0.2, 0) is 0 Å². The molecule has 0 saturated heterocycles. The molecule has 0 aliphatic carbocycles. The van der Waals surface area contributed by atoms with Crippen LogP contribution in [0.4, 0.5) is 11.5 Å². The van der Waals surface area contributed by atoms with E-state index in [2.05, 4.69) is 5.10 Å². The van der Waals surface area contributed by atoms with Gasteiger partial charge in [0.05, 0.1) is 11.2 Å². The molecule has 2 aromatic heterocycles. The summed E-state index contributed by atoms with van der Waals surface area (Å²) in [6.45, 7) is 0. The lowest BCUT2D eigenvalue weighted by Crippen LogP contribution is -2.15. The summed E-state index contributed by atoms with van der Waals surface area (Å²) in [5.41, 5.74) is 6.52. The number of benzene rings is 1. The molecule has 7 heteroatoms.